The molecule has 0 aliphatic rings. The molecule has 1 heterocycles. The number of benzene rings is 1. The first kappa shape index (κ1) is 10.9. The van der Waals surface area contributed by atoms with E-state index in [-0.39, 0.29) is 17.0 Å². The van der Waals surface area contributed by atoms with Crippen LogP contribution in [0.5, 0.6) is 0 Å². The van der Waals surface area contributed by atoms with Crippen molar-refractivity contribution in [2.75, 3.05) is 0 Å². The smallest absolute Gasteiger partial charge is 0.214 e. The van der Waals surface area contributed by atoms with Crippen LogP contribution in [0.25, 0.3) is 0 Å². The molecule has 0 amide bonds. The number of carbonyl (C=O) groups is 1. The summed E-state index contributed by atoms with van der Waals surface area (Å²) in [6, 6.07) is 3.93. The van der Waals surface area contributed by atoms with E-state index in [1.54, 1.807) is 0 Å². The van der Waals surface area contributed by atoms with Crippen LogP contribution >= 0.6 is 15.9 Å². The average Bonchev–Trinajstić information content (AvgIpc) is 2.32. The minimum atomic E-state index is -0.463. The van der Waals surface area contributed by atoms with Crippen LogP contribution in [0.15, 0.2) is 41.3 Å². The summed E-state index contributed by atoms with van der Waals surface area (Å²) in [7, 11) is 0. The van der Waals surface area contributed by atoms with Crippen molar-refractivity contribution >= 4 is 21.7 Å². The molecule has 1 aromatic heterocycles. The maximum Gasteiger partial charge on any atom is 0.214 e. The zero-order valence-corrected chi connectivity index (χ0v) is 9.61. The van der Waals surface area contributed by atoms with E-state index in [4.69, 9.17) is 0 Å². The molecular weight excluding hydrogens is 275 g/mol. The molecule has 0 unspecified atom stereocenters. The molecule has 1 aromatic carbocycles. The van der Waals surface area contributed by atoms with Gasteiger partial charge in [-0.3, -0.25) is 9.78 Å². The molecule has 0 aliphatic heterocycles. The highest BCUT2D eigenvalue weighted by molar-refractivity contribution is 9.10. The third kappa shape index (κ3) is 2.14. The fraction of sp³-hybridized carbons (Fsp3) is 0. The molecule has 0 aliphatic carbocycles. The molecule has 0 N–H and O–H groups in total. The standard InChI is InChI=1S/C11H6BrFN2O/c12-9-2-1-7(13)5-8(9)11(16)10-6-14-3-4-15-10/h1-6H. The molecule has 16 heavy (non-hydrogen) atoms. The first-order valence-electron chi connectivity index (χ1n) is 4.44. The van der Waals surface area contributed by atoms with Crippen LogP contribution in [-0.4, -0.2) is 15.8 Å². The maximum atomic E-state index is 13.0. The quantitative estimate of drug-likeness (QED) is 0.795. The van der Waals surface area contributed by atoms with Crippen LogP contribution in [0.1, 0.15) is 16.1 Å². The van der Waals surface area contributed by atoms with Gasteiger partial charge in [-0.1, -0.05) is 15.9 Å². The van der Waals surface area contributed by atoms with Crippen molar-refractivity contribution in [3.8, 4) is 0 Å². The fourth-order valence-corrected chi connectivity index (χ4v) is 1.65. The SMILES string of the molecule is O=C(c1cnccn1)c1cc(F)ccc1Br. The Morgan fingerprint density at radius 2 is 2.12 bits per heavy atom. The van der Waals surface area contributed by atoms with Crippen LogP contribution in [-0.2, 0) is 0 Å². The van der Waals surface area contributed by atoms with Crippen molar-refractivity contribution in [3.63, 3.8) is 0 Å². The highest BCUT2D eigenvalue weighted by atomic mass is 79.9. The number of rotatable bonds is 2. The molecule has 5 heteroatoms. The van der Waals surface area contributed by atoms with E-state index in [0.29, 0.717) is 4.47 Å². The number of nitrogens with zero attached hydrogens (tertiary/aromatic N) is 2. The van der Waals surface area contributed by atoms with Gasteiger partial charge in [-0.25, -0.2) is 9.37 Å². The largest absolute Gasteiger partial charge is 0.287 e. The predicted octanol–water partition coefficient (Wildman–Crippen LogP) is 2.61. The topological polar surface area (TPSA) is 42.9 Å². The third-order valence-corrected chi connectivity index (χ3v) is 2.66. The summed E-state index contributed by atoms with van der Waals surface area (Å²) < 4.78 is 13.5. The number of hydrogen-bond acceptors (Lipinski definition) is 3. The molecule has 0 radical (unpaired) electrons. The molecule has 0 fully saturated rings. The van der Waals surface area contributed by atoms with Crippen molar-refractivity contribution in [3.05, 3.63) is 58.3 Å². The lowest BCUT2D eigenvalue weighted by Crippen LogP contribution is -2.05. The number of hydrogen-bond donors (Lipinski definition) is 0. The van der Waals surface area contributed by atoms with E-state index in [9.17, 15) is 9.18 Å². The van der Waals surface area contributed by atoms with E-state index in [2.05, 4.69) is 25.9 Å². The Morgan fingerprint density at radius 3 is 2.81 bits per heavy atom. The van der Waals surface area contributed by atoms with Gasteiger partial charge in [-0.2, -0.15) is 0 Å². The second-order valence-electron chi connectivity index (χ2n) is 3.04. The molecule has 0 saturated heterocycles. The lowest BCUT2D eigenvalue weighted by atomic mass is 10.1. The van der Waals surface area contributed by atoms with E-state index in [1.807, 2.05) is 0 Å². The van der Waals surface area contributed by atoms with Crippen molar-refractivity contribution in [1.82, 2.24) is 9.97 Å². The summed E-state index contributed by atoms with van der Waals surface area (Å²) in [6.07, 6.45) is 4.23. The Balaban J connectivity index is 2.46. The number of carbonyl (C=O) groups excluding carboxylic acids is 1. The molecule has 2 aromatic rings. The summed E-state index contributed by atoms with van der Waals surface area (Å²) in [6.45, 7) is 0. The number of aromatic nitrogens is 2. The fourth-order valence-electron chi connectivity index (χ4n) is 1.23. The van der Waals surface area contributed by atoms with Gasteiger partial charge >= 0.3 is 0 Å². The third-order valence-electron chi connectivity index (χ3n) is 1.97. The molecule has 0 saturated carbocycles. The lowest BCUT2D eigenvalue weighted by molar-refractivity contribution is 0.103. The van der Waals surface area contributed by atoms with Crippen molar-refractivity contribution < 1.29 is 9.18 Å². The van der Waals surface area contributed by atoms with Gasteiger partial charge in [0.1, 0.15) is 11.5 Å². The Kier molecular flexibility index (Phi) is 3.05. The predicted molar refractivity (Wildman–Crippen MR) is 59.6 cm³/mol. The zero-order chi connectivity index (χ0) is 11.5. The minimum Gasteiger partial charge on any atom is -0.287 e. The van der Waals surface area contributed by atoms with E-state index >= 15 is 0 Å². The normalized spacial score (nSPS) is 10.1. The highest BCUT2D eigenvalue weighted by Crippen LogP contribution is 2.20. The summed E-state index contributed by atoms with van der Waals surface area (Å²) in [5, 5.41) is 0. The van der Waals surface area contributed by atoms with E-state index in [1.165, 1.54) is 36.8 Å². The van der Waals surface area contributed by atoms with Gasteiger partial charge in [-0.05, 0) is 18.2 Å². The zero-order valence-electron chi connectivity index (χ0n) is 8.02. The molecule has 0 bridgehead atoms. The average molecular weight is 281 g/mol. The first-order chi connectivity index (χ1) is 7.68. The lowest BCUT2D eigenvalue weighted by Gasteiger charge is -2.02. The maximum absolute atomic E-state index is 13.0. The Morgan fingerprint density at radius 1 is 1.31 bits per heavy atom. The number of ketones is 1. The summed E-state index contributed by atoms with van der Waals surface area (Å²) in [5.41, 5.74) is 0.425. The monoisotopic (exact) mass is 280 g/mol. The van der Waals surface area contributed by atoms with Crippen LogP contribution in [0, 0.1) is 5.82 Å². The van der Waals surface area contributed by atoms with Crippen LogP contribution < -0.4 is 0 Å². The van der Waals surface area contributed by atoms with Gasteiger partial charge in [0, 0.05) is 22.4 Å². The Bertz CT molecular complexity index is 531. The van der Waals surface area contributed by atoms with Crippen molar-refractivity contribution in [2.24, 2.45) is 0 Å². The molecule has 80 valence electrons. The summed E-state index contributed by atoms with van der Waals surface area (Å²) >= 11 is 3.19. The van der Waals surface area contributed by atoms with Crippen molar-refractivity contribution in [1.29, 1.82) is 0 Å². The van der Waals surface area contributed by atoms with Gasteiger partial charge in [0.15, 0.2) is 0 Å². The van der Waals surface area contributed by atoms with Gasteiger partial charge in [0.2, 0.25) is 5.78 Å². The molecule has 2 rings (SSSR count). The van der Waals surface area contributed by atoms with Gasteiger partial charge in [0.05, 0.1) is 6.20 Å². The van der Waals surface area contributed by atoms with Crippen molar-refractivity contribution in [2.45, 2.75) is 0 Å². The van der Waals surface area contributed by atoms with Gasteiger partial charge in [0.25, 0.3) is 0 Å². The second kappa shape index (κ2) is 4.49. The number of halogens is 2. The Labute approximate surface area is 99.5 Å². The molecular formula is C11H6BrFN2O. The van der Waals surface area contributed by atoms with E-state index in [0.717, 1.165) is 0 Å². The molecule has 3 nitrogen and oxygen atoms in total. The van der Waals surface area contributed by atoms with Crippen LogP contribution in [0.3, 0.4) is 0 Å². The summed E-state index contributed by atoms with van der Waals surface area (Å²) in [4.78, 5) is 19.6. The minimum absolute atomic E-state index is 0.189. The highest BCUT2D eigenvalue weighted by Gasteiger charge is 2.14. The van der Waals surface area contributed by atoms with E-state index < -0.39 is 5.82 Å². The second-order valence-corrected chi connectivity index (χ2v) is 3.90. The van der Waals surface area contributed by atoms with Gasteiger partial charge < -0.3 is 0 Å². The first-order valence-corrected chi connectivity index (χ1v) is 5.23. The van der Waals surface area contributed by atoms with Gasteiger partial charge in [-0.15, -0.1) is 0 Å². The summed E-state index contributed by atoms with van der Waals surface area (Å²) in [5.74, 6) is -0.824. The molecule has 0 spiro atoms. The van der Waals surface area contributed by atoms with Crippen LogP contribution in [0.2, 0.25) is 0 Å². The molecule has 0 atom stereocenters. The van der Waals surface area contributed by atoms with Crippen LogP contribution in [0.4, 0.5) is 4.39 Å². The Hall–Kier alpha value is -1.62.